The third-order valence-corrected chi connectivity index (χ3v) is 5.59. The molecule has 3 rings (SSSR count). The first-order valence-corrected chi connectivity index (χ1v) is 9.69. The first kappa shape index (κ1) is 18.3. The molecule has 1 unspecified atom stereocenters. The van der Waals surface area contributed by atoms with Crippen LogP contribution in [0.2, 0.25) is 0 Å². The largest absolute Gasteiger partial charge is 0.443 e. The Labute approximate surface area is 151 Å². The van der Waals surface area contributed by atoms with Crippen molar-refractivity contribution >= 4 is 21.8 Å². The van der Waals surface area contributed by atoms with Gasteiger partial charge in [-0.3, -0.25) is 4.90 Å². The molecule has 2 aromatic carbocycles. The fourth-order valence-electron chi connectivity index (χ4n) is 2.65. The van der Waals surface area contributed by atoms with E-state index in [-0.39, 0.29) is 18.0 Å². The van der Waals surface area contributed by atoms with Crippen molar-refractivity contribution in [3.63, 3.8) is 0 Å². The summed E-state index contributed by atoms with van der Waals surface area (Å²) in [7, 11) is -3.80. The van der Waals surface area contributed by atoms with Crippen LogP contribution in [0.25, 0.3) is 0 Å². The van der Waals surface area contributed by atoms with Crippen molar-refractivity contribution in [1.82, 2.24) is 4.72 Å². The zero-order valence-corrected chi connectivity index (χ0v) is 15.0. The van der Waals surface area contributed by atoms with Crippen molar-refractivity contribution in [1.29, 1.82) is 0 Å². The number of benzene rings is 2. The monoisotopic (exact) mass is 378 g/mol. The fraction of sp³-hybridized carbons (Fsp3) is 0.278. The molecule has 0 radical (unpaired) electrons. The minimum Gasteiger partial charge on any atom is -0.443 e. The molecule has 1 heterocycles. The van der Waals surface area contributed by atoms with Gasteiger partial charge in [-0.2, -0.15) is 0 Å². The summed E-state index contributed by atoms with van der Waals surface area (Å²) < 4.78 is 45.0. The summed E-state index contributed by atoms with van der Waals surface area (Å²) in [5.74, 6) is -0.515. The van der Waals surface area contributed by atoms with E-state index in [4.69, 9.17) is 4.74 Å². The number of hydrogen-bond acceptors (Lipinski definition) is 4. The van der Waals surface area contributed by atoms with Gasteiger partial charge in [-0.05, 0) is 48.4 Å². The number of cyclic esters (lactones) is 1. The van der Waals surface area contributed by atoms with Gasteiger partial charge in [0.2, 0.25) is 10.0 Å². The number of nitrogens with one attached hydrogen (secondary N) is 1. The second-order valence-corrected chi connectivity index (χ2v) is 7.71. The summed E-state index contributed by atoms with van der Waals surface area (Å²) in [6.07, 6.45) is -0.220. The smallest absolute Gasteiger partial charge is 0.414 e. The van der Waals surface area contributed by atoms with Crippen LogP contribution in [0, 0.1) is 5.82 Å². The van der Waals surface area contributed by atoms with Crippen LogP contribution in [0.4, 0.5) is 14.9 Å². The van der Waals surface area contributed by atoms with E-state index in [0.717, 1.165) is 24.1 Å². The maximum absolute atomic E-state index is 12.9. The maximum atomic E-state index is 12.9. The lowest BCUT2D eigenvalue weighted by molar-refractivity contribution is 0.143. The van der Waals surface area contributed by atoms with Gasteiger partial charge >= 0.3 is 6.09 Å². The van der Waals surface area contributed by atoms with E-state index in [1.807, 2.05) is 31.2 Å². The number of carbonyl (C=O) groups is 1. The lowest BCUT2D eigenvalue weighted by Crippen LogP contribution is -2.34. The van der Waals surface area contributed by atoms with Gasteiger partial charge in [0.25, 0.3) is 0 Å². The molecule has 26 heavy (non-hydrogen) atoms. The van der Waals surface area contributed by atoms with Crippen LogP contribution >= 0.6 is 0 Å². The third-order valence-electron chi connectivity index (χ3n) is 4.16. The number of halogens is 1. The minimum absolute atomic E-state index is 0.0461. The molecule has 0 aliphatic carbocycles. The van der Waals surface area contributed by atoms with Crippen LogP contribution in [-0.4, -0.2) is 33.7 Å². The van der Waals surface area contributed by atoms with Crippen LogP contribution < -0.4 is 9.62 Å². The van der Waals surface area contributed by atoms with E-state index in [1.165, 1.54) is 17.0 Å². The Kier molecular flexibility index (Phi) is 5.24. The molecule has 2 aromatic rings. The van der Waals surface area contributed by atoms with E-state index in [1.54, 1.807) is 0 Å². The first-order chi connectivity index (χ1) is 12.4. The van der Waals surface area contributed by atoms with Gasteiger partial charge in [-0.1, -0.05) is 19.1 Å². The number of nitrogens with zero attached hydrogens (tertiary/aromatic N) is 1. The fourth-order valence-corrected chi connectivity index (χ4v) is 3.72. The third kappa shape index (κ3) is 4.03. The lowest BCUT2D eigenvalue weighted by Gasteiger charge is -2.13. The van der Waals surface area contributed by atoms with Crippen molar-refractivity contribution < 1.29 is 22.3 Å². The molecule has 1 aliphatic heterocycles. The number of rotatable bonds is 6. The highest BCUT2D eigenvalue weighted by Gasteiger charge is 2.33. The summed E-state index contributed by atoms with van der Waals surface area (Å²) in [6, 6.07) is 12.1. The Morgan fingerprint density at radius 3 is 2.42 bits per heavy atom. The maximum Gasteiger partial charge on any atom is 0.414 e. The molecule has 0 saturated carbocycles. The zero-order valence-electron chi connectivity index (χ0n) is 14.2. The van der Waals surface area contributed by atoms with Crippen LogP contribution in [0.1, 0.15) is 12.5 Å². The SMILES string of the molecule is CCc1ccc(N2CC(CNS(=O)(=O)c3ccc(F)cc3)OC2=O)cc1. The number of ether oxygens (including phenoxy) is 1. The molecule has 1 N–H and O–H groups in total. The van der Waals surface area contributed by atoms with Crippen molar-refractivity contribution in [2.45, 2.75) is 24.3 Å². The van der Waals surface area contributed by atoms with E-state index in [2.05, 4.69) is 4.72 Å². The Balaban J connectivity index is 1.62. The minimum atomic E-state index is -3.80. The molecule has 8 heteroatoms. The highest BCUT2D eigenvalue weighted by atomic mass is 32.2. The molecule has 0 bridgehead atoms. The van der Waals surface area contributed by atoms with E-state index >= 15 is 0 Å². The van der Waals surface area contributed by atoms with Crippen LogP contribution in [0.15, 0.2) is 53.4 Å². The first-order valence-electron chi connectivity index (χ1n) is 8.21. The molecule has 0 spiro atoms. The Morgan fingerprint density at radius 1 is 1.15 bits per heavy atom. The molecular weight excluding hydrogens is 359 g/mol. The number of anilines is 1. The zero-order chi connectivity index (χ0) is 18.7. The van der Waals surface area contributed by atoms with Gasteiger partial charge in [0.1, 0.15) is 11.9 Å². The molecule has 1 aliphatic rings. The number of hydrogen-bond donors (Lipinski definition) is 1. The molecule has 1 atom stereocenters. The normalized spacial score (nSPS) is 17.4. The van der Waals surface area contributed by atoms with E-state index in [9.17, 15) is 17.6 Å². The van der Waals surface area contributed by atoms with Gasteiger partial charge in [0.15, 0.2) is 0 Å². The van der Waals surface area contributed by atoms with Gasteiger partial charge < -0.3 is 4.74 Å². The molecule has 1 saturated heterocycles. The highest BCUT2D eigenvalue weighted by molar-refractivity contribution is 7.89. The van der Waals surface area contributed by atoms with E-state index < -0.39 is 28.0 Å². The van der Waals surface area contributed by atoms with Crippen molar-refractivity contribution in [2.75, 3.05) is 18.0 Å². The topological polar surface area (TPSA) is 75.7 Å². The summed E-state index contributed by atoms with van der Waals surface area (Å²) in [5.41, 5.74) is 1.86. The highest BCUT2D eigenvalue weighted by Crippen LogP contribution is 2.22. The number of aryl methyl sites for hydroxylation is 1. The number of sulfonamides is 1. The second kappa shape index (κ2) is 7.43. The van der Waals surface area contributed by atoms with Gasteiger partial charge in [-0.25, -0.2) is 22.3 Å². The Bertz CT molecular complexity index is 882. The summed E-state index contributed by atoms with van der Waals surface area (Å²) in [4.78, 5) is 13.5. The van der Waals surface area contributed by atoms with Crippen molar-refractivity contribution in [2.24, 2.45) is 0 Å². The predicted molar refractivity (Wildman–Crippen MR) is 95.0 cm³/mol. The van der Waals surface area contributed by atoms with Gasteiger partial charge in [-0.15, -0.1) is 0 Å². The van der Waals surface area contributed by atoms with Crippen molar-refractivity contribution in [3.8, 4) is 0 Å². The average molecular weight is 378 g/mol. The Hall–Kier alpha value is -2.45. The summed E-state index contributed by atoms with van der Waals surface area (Å²) >= 11 is 0. The van der Waals surface area contributed by atoms with Gasteiger partial charge in [0, 0.05) is 12.2 Å². The molecule has 1 amide bonds. The molecule has 6 nitrogen and oxygen atoms in total. The van der Waals surface area contributed by atoms with Crippen LogP contribution in [0.5, 0.6) is 0 Å². The standard InChI is InChI=1S/C18H19FN2O4S/c1-2-13-3-7-15(8-4-13)21-12-16(25-18(21)22)11-20-26(23,24)17-9-5-14(19)6-10-17/h3-10,16,20H,2,11-12H2,1H3. The van der Waals surface area contributed by atoms with Crippen molar-refractivity contribution in [3.05, 3.63) is 59.9 Å². The summed E-state index contributed by atoms with van der Waals surface area (Å²) in [5, 5.41) is 0. The average Bonchev–Trinajstić information content (AvgIpc) is 3.01. The van der Waals surface area contributed by atoms with Crippen LogP contribution in [-0.2, 0) is 21.2 Å². The van der Waals surface area contributed by atoms with Gasteiger partial charge in [0.05, 0.1) is 11.4 Å². The number of carbonyl (C=O) groups excluding carboxylic acids is 1. The Morgan fingerprint density at radius 2 is 1.81 bits per heavy atom. The molecule has 0 aromatic heterocycles. The number of amides is 1. The molecule has 138 valence electrons. The van der Waals surface area contributed by atoms with Crippen LogP contribution in [0.3, 0.4) is 0 Å². The molecule has 1 fully saturated rings. The lowest BCUT2D eigenvalue weighted by atomic mass is 10.1. The predicted octanol–water partition coefficient (Wildman–Crippen LogP) is 2.69. The summed E-state index contributed by atoms with van der Waals surface area (Å²) in [6.45, 7) is 2.23. The molecular formula is C18H19FN2O4S. The second-order valence-electron chi connectivity index (χ2n) is 5.94. The quantitative estimate of drug-likeness (QED) is 0.839. The van der Waals surface area contributed by atoms with E-state index in [0.29, 0.717) is 5.69 Å².